The zero-order valence-corrected chi connectivity index (χ0v) is 21.9. The molecule has 2 aliphatic rings. The van der Waals surface area contributed by atoms with Crippen LogP contribution in [0.4, 0.5) is 0 Å². The van der Waals surface area contributed by atoms with Gasteiger partial charge in [-0.25, -0.2) is 4.68 Å². The fourth-order valence-corrected chi connectivity index (χ4v) is 5.85. The van der Waals surface area contributed by atoms with Gasteiger partial charge in [-0.3, -0.25) is 14.7 Å². The summed E-state index contributed by atoms with van der Waals surface area (Å²) in [4.78, 5) is 23.4. The van der Waals surface area contributed by atoms with Crippen molar-refractivity contribution in [1.82, 2.24) is 35.1 Å². The summed E-state index contributed by atoms with van der Waals surface area (Å²) in [5.41, 5.74) is 1.99. The molecule has 1 N–H and O–H groups in total. The van der Waals surface area contributed by atoms with E-state index in [-0.39, 0.29) is 18.4 Å². The minimum atomic E-state index is -0.569. The number of benzene rings is 1. The lowest BCUT2D eigenvalue weighted by Crippen LogP contribution is -2.35. The van der Waals surface area contributed by atoms with Crippen LogP contribution in [-0.4, -0.2) is 41.9 Å². The van der Waals surface area contributed by atoms with Crippen molar-refractivity contribution in [3.63, 3.8) is 0 Å². The number of furan rings is 1. The van der Waals surface area contributed by atoms with Gasteiger partial charge < -0.3 is 18.9 Å². The van der Waals surface area contributed by atoms with Crippen LogP contribution >= 0.6 is 0 Å². The molecule has 1 saturated carbocycles. The number of ether oxygens (including phenoxy) is 2. The molecule has 1 aliphatic carbocycles. The fourth-order valence-electron chi connectivity index (χ4n) is 5.85. The molecule has 0 spiro atoms. The number of fused-ring (bicyclic) bond motifs is 2. The van der Waals surface area contributed by atoms with Gasteiger partial charge in [0.15, 0.2) is 17.3 Å². The van der Waals surface area contributed by atoms with Crippen molar-refractivity contribution >= 4 is 10.9 Å². The van der Waals surface area contributed by atoms with Gasteiger partial charge in [0.1, 0.15) is 11.8 Å². The van der Waals surface area contributed by atoms with E-state index in [9.17, 15) is 4.79 Å². The third kappa shape index (κ3) is 4.73. The van der Waals surface area contributed by atoms with E-state index in [1.807, 2.05) is 47.3 Å². The van der Waals surface area contributed by atoms with E-state index >= 15 is 0 Å². The van der Waals surface area contributed by atoms with Gasteiger partial charge in [0.05, 0.1) is 24.4 Å². The first-order valence-electron chi connectivity index (χ1n) is 13.6. The summed E-state index contributed by atoms with van der Waals surface area (Å²) < 4.78 is 18.9. The molecular formula is C29H29N7O4. The van der Waals surface area contributed by atoms with E-state index in [1.165, 1.54) is 6.42 Å². The Morgan fingerprint density at radius 1 is 1.05 bits per heavy atom. The maximum absolute atomic E-state index is 13.8. The zero-order valence-electron chi connectivity index (χ0n) is 21.9. The maximum Gasteiger partial charge on any atom is 0.253 e. The Morgan fingerprint density at radius 2 is 1.93 bits per heavy atom. The average Bonchev–Trinajstić information content (AvgIpc) is 3.76. The second kappa shape index (κ2) is 10.6. The SMILES string of the molecule is O=c1[nH]c2cc3c(cc2cc1[C@H](c1nnnn1C1CCCCC1)N(Cc1cccnc1)Cc1ccco1)OCO3. The third-order valence-electron chi connectivity index (χ3n) is 7.76. The molecule has 1 atom stereocenters. The summed E-state index contributed by atoms with van der Waals surface area (Å²) in [5.74, 6) is 2.67. The molecule has 4 aromatic heterocycles. The van der Waals surface area contributed by atoms with E-state index in [4.69, 9.17) is 13.9 Å². The lowest BCUT2D eigenvalue weighted by molar-refractivity contribution is 0.173. The van der Waals surface area contributed by atoms with Gasteiger partial charge >= 0.3 is 0 Å². The summed E-state index contributed by atoms with van der Waals surface area (Å²) >= 11 is 0. The van der Waals surface area contributed by atoms with Crippen molar-refractivity contribution < 1.29 is 13.9 Å². The highest BCUT2D eigenvalue weighted by molar-refractivity contribution is 5.83. The highest BCUT2D eigenvalue weighted by Crippen LogP contribution is 2.38. The summed E-state index contributed by atoms with van der Waals surface area (Å²) in [6.07, 6.45) is 10.7. The van der Waals surface area contributed by atoms with Gasteiger partial charge in [-0.2, -0.15) is 0 Å². The minimum Gasteiger partial charge on any atom is -0.468 e. The minimum absolute atomic E-state index is 0.156. The van der Waals surface area contributed by atoms with Crippen LogP contribution in [0, 0.1) is 0 Å². The predicted molar refractivity (Wildman–Crippen MR) is 145 cm³/mol. The van der Waals surface area contributed by atoms with E-state index in [0.29, 0.717) is 41.5 Å². The van der Waals surface area contributed by atoms with Crippen molar-refractivity contribution in [1.29, 1.82) is 0 Å². The highest BCUT2D eigenvalue weighted by Gasteiger charge is 2.34. The molecule has 1 aromatic carbocycles. The smallest absolute Gasteiger partial charge is 0.253 e. The Kier molecular flexibility index (Phi) is 6.48. The zero-order chi connectivity index (χ0) is 26.9. The number of tetrazole rings is 1. The van der Waals surface area contributed by atoms with Crippen LogP contribution in [0.25, 0.3) is 10.9 Å². The number of aromatic nitrogens is 6. The highest BCUT2D eigenvalue weighted by atomic mass is 16.7. The number of H-pyrrole nitrogens is 1. The molecule has 5 aromatic rings. The number of rotatable bonds is 8. The first-order chi connectivity index (χ1) is 19.7. The number of aromatic amines is 1. The number of pyridine rings is 2. The van der Waals surface area contributed by atoms with Crippen LogP contribution in [0.2, 0.25) is 0 Å². The molecule has 0 unspecified atom stereocenters. The van der Waals surface area contributed by atoms with Gasteiger partial charge in [-0.05, 0) is 59.2 Å². The summed E-state index contributed by atoms with van der Waals surface area (Å²) in [7, 11) is 0. The van der Waals surface area contributed by atoms with Crippen molar-refractivity contribution in [3.05, 3.63) is 94.2 Å². The van der Waals surface area contributed by atoms with Crippen LogP contribution in [0.3, 0.4) is 0 Å². The summed E-state index contributed by atoms with van der Waals surface area (Å²) in [5, 5.41) is 14.0. The number of nitrogens with zero attached hydrogens (tertiary/aromatic N) is 6. The largest absolute Gasteiger partial charge is 0.468 e. The molecule has 1 fully saturated rings. The van der Waals surface area contributed by atoms with E-state index in [2.05, 4.69) is 30.4 Å². The molecule has 40 heavy (non-hydrogen) atoms. The van der Waals surface area contributed by atoms with Crippen LogP contribution < -0.4 is 15.0 Å². The van der Waals surface area contributed by atoms with Crippen molar-refractivity contribution in [3.8, 4) is 11.5 Å². The predicted octanol–water partition coefficient (Wildman–Crippen LogP) is 4.53. The second-order valence-corrected chi connectivity index (χ2v) is 10.4. The molecule has 7 rings (SSSR count). The van der Waals surface area contributed by atoms with Gasteiger partial charge in [0.25, 0.3) is 5.56 Å². The maximum atomic E-state index is 13.8. The molecule has 0 amide bonds. The molecule has 1 aliphatic heterocycles. The van der Waals surface area contributed by atoms with Crippen LogP contribution in [0.5, 0.6) is 11.5 Å². The van der Waals surface area contributed by atoms with Crippen molar-refractivity contribution in [2.45, 2.75) is 57.3 Å². The van der Waals surface area contributed by atoms with Crippen molar-refractivity contribution in [2.75, 3.05) is 6.79 Å². The number of hydrogen-bond donors (Lipinski definition) is 1. The van der Waals surface area contributed by atoms with Crippen LogP contribution in [-0.2, 0) is 13.1 Å². The lowest BCUT2D eigenvalue weighted by Gasteiger charge is -2.32. The quantitative estimate of drug-likeness (QED) is 0.303. The molecule has 11 nitrogen and oxygen atoms in total. The van der Waals surface area contributed by atoms with E-state index < -0.39 is 6.04 Å². The topological polar surface area (TPSA) is 124 Å². The molecule has 0 radical (unpaired) electrons. The van der Waals surface area contributed by atoms with Crippen LogP contribution in [0.1, 0.15) is 66.9 Å². The van der Waals surface area contributed by atoms with Gasteiger partial charge in [0, 0.05) is 36.0 Å². The Bertz CT molecular complexity index is 1660. The monoisotopic (exact) mass is 539 g/mol. The Balaban J connectivity index is 1.40. The standard InChI is InChI=1S/C29H29N7O4/c37-29-23(12-20-13-25-26(40-18-39-25)14-24(20)31-29)27(28-32-33-34-36(28)21-7-2-1-3-8-21)35(17-22-9-5-11-38-22)16-19-6-4-10-30-15-19/h4-6,9-15,21,27H,1-3,7-8,16-18H2,(H,31,37)/t27-/m1/s1. The molecule has 11 heteroatoms. The molecular weight excluding hydrogens is 510 g/mol. The Hall–Kier alpha value is -4.51. The molecule has 5 heterocycles. The number of hydrogen-bond acceptors (Lipinski definition) is 9. The van der Waals surface area contributed by atoms with Gasteiger partial charge in [-0.15, -0.1) is 5.10 Å². The second-order valence-electron chi connectivity index (χ2n) is 10.4. The first kappa shape index (κ1) is 24.5. The number of nitrogens with one attached hydrogen (secondary N) is 1. The lowest BCUT2D eigenvalue weighted by atomic mass is 9.95. The van der Waals surface area contributed by atoms with E-state index in [1.54, 1.807) is 18.5 Å². The summed E-state index contributed by atoms with van der Waals surface area (Å²) in [6.45, 7) is 1.08. The van der Waals surface area contributed by atoms with Crippen LogP contribution in [0.15, 0.2) is 70.3 Å². The van der Waals surface area contributed by atoms with E-state index in [0.717, 1.165) is 42.4 Å². The molecule has 204 valence electrons. The van der Waals surface area contributed by atoms with Crippen molar-refractivity contribution in [2.24, 2.45) is 0 Å². The Morgan fingerprint density at radius 3 is 2.73 bits per heavy atom. The third-order valence-corrected chi connectivity index (χ3v) is 7.76. The molecule has 0 saturated heterocycles. The van der Waals surface area contributed by atoms with Gasteiger partial charge in [0.2, 0.25) is 6.79 Å². The normalized spacial score (nSPS) is 16.1. The Labute approximate surface area is 229 Å². The molecule has 0 bridgehead atoms. The summed E-state index contributed by atoms with van der Waals surface area (Å²) in [6, 6.07) is 13.0. The average molecular weight is 540 g/mol. The fraction of sp³-hybridized carbons (Fsp3) is 0.345. The van der Waals surface area contributed by atoms with Gasteiger partial charge in [-0.1, -0.05) is 25.3 Å². The first-order valence-corrected chi connectivity index (χ1v) is 13.6.